The highest BCUT2D eigenvalue weighted by molar-refractivity contribution is 5.88. The molecule has 4 N–H and O–H groups in total. The summed E-state index contributed by atoms with van der Waals surface area (Å²) >= 11 is 0. The molecular formula is C19H23N5O4. The summed E-state index contributed by atoms with van der Waals surface area (Å²) in [6.07, 6.45) is 2.39. The van der Waals surface area contributed by atoms with Gasteiger partial charge in [-0.2, -0.15) is 15.0 Å². The number of aromatic carboxylic acids is 1. The summed E-state index contributed by atoms with van der Waals surface area (Å²) in [5, 5.41) is 19.8. The van der Waals surface area contributed by atoms with Gasteiger partial charge in [0.15, 0.2) is 17.0 Å². The fourth-order valence-electron chi connectivity index (χ4n) is 3.07. The Hall–Kier alpha value is -3.36. The number of hydrogen-bond donors (Lipinski definition) is 3. The van der Waals surface area contributed by atoms with E-state index in [9.17, 15) is 15.0 Å². The molecule has 9 nitrogen and oxygen atoms in total. The fraction of sp³-hybridized carbons (Fsp3) is 0.368. The molecule has 2 aromatic heterocycles. The Kier molecular flexibility index (Phi) is 5.62. The maximum atomic E-state index is 11.3. The largest absolute Gasteiger partial charge is 0.480 e. The quantitative estimate of drug-likeness (QED) is 0.503. The molecule has 0 radical (unpaired) electrons. The van der Waals surface area contributed by atoms with Crippen molar-refractivity contribution in [1.82, 2.24) is 19.5 Å². The van der Waals surface area contributed by atoms with E-state index in [0.29, 0.717) is 24.2 Å². The Balaban J connectivity index is 2.10. The first-order valence-electron chi connectivity index (χ1n) is 9.16. The standard InChI is InChI=1S/C19H23N5O4/c1-3-5-9-28-18-22-15(20)14-16(23-18)24(19(27)21-14)13(4-2)11-7-6-8-12(10-11)17(25)26/h6-8,10,13H,3-5,9H2,1-2H3,(H,21,27)(H,25,26)(H2,20,22,23). The Morgan fingerprint density at radius 3 is 2.75 bits per heavy atom. The third-order valence-corrected chi connectivity index (χ3v) is 4.47. The molecule has 1 aromatic carbocycles. The van der Waals surface area contributed by atoms with E-state index < -0.39 is 5.97 Å². The Bertz CT molecular complexity index is 1000. The van der Waals surface area contributed by atoms with Crippen molar-refractivity contribution in [1.29, 1.82) is 0 Å². The number of aromatic nitrogens is 4. The second-order valence-corrected chi connectivity index (χ2v) is 6.40. The third-order valence-electron chi connectivity index (χ3n) is 4.47. The van der Waals surface area contributed by atoms with E-state index in [-0.39, 0.29) is 35.0 Å². The number of carboxylic acids is 1. The predicted molar refractivity (Wildman–Crippen MR) is 104 cm³/mol. The second kappa shape index (κ2) is 8.12. The lowest BCUT2D eigenvalue weighted by Gasteiger charge is -2.19. The first-order chi connectivity index (χ1) is 13.5. The summed E-state index contributed by atoms with van der Waals surface area (Å²) in [6, 6.07) is 6.02. The smallest absolute Gasteiger partial charge is 0.335 e. The number of benzene rings is 1. The van der Waals surface area contributed by atoms with E-state index in [0.717, 1.165) is 12.8 Å². The van der Waals surface area contributed by atoms with Gasteiger partial charge in [0.05, 0.1) is 18.2 Å². The first kappa shape index (κ1) is 19.4. The van der Waals surface area contributed by atoms with Gasteiger partial charge in [-0.15, -0.1) is 0 Å². The zero-order valence-corrected chi connectivity index (χ0v) is 15.8. The molecule has 3 aromatic rings. The maximum Gasteiger partial charge on any atom is 0.335 e. The van der Waals surface area contributed by atoms with Crippen LogP contribution in [0.3, 0.4) is 0 Å². The summed E-state index contributed by atoms with van der Waals surface area (Å²) in [7, 11) is 0. The molecule has 0 aliphatic rings. The molecule has 0 aliphatic heterocycles. The van der Waals surface area contributed by atoms with Crippen molar-refractivity contribution in [3.63, 3.8) is 0 Å². The van der Waals surface area contributed by atoms with Crippen molar-refractivity contribution < 1.29 is 19.7 Å². The van der Waals surface area contributed by atoms with E-state index in [1.165, 1.54) is 10.6 Å². The van der Waals surface area contributed by atoms with Crippen LogP contribution in [-0.4, -0.2) is 42.3 Å². The minimum atomic E-state index is -1.02. The molecule has 9 heteroatoms. The molecule has 0 spiro atoms. The number of fused-ring (bicyclic) bond motifs is 1. The Morgan fingerprint density at radius 2 is 2.07 bits per heavy atom. The normalized spacial score (nSPS) is 12.2. The van der Waals surface area contributed by atoms with E-state index in [2.05, 4.69) is 15.0 Å². The minimum absolute atomic E-state index is 0.111. The average molecular weight is 385 g/mol. The lowest BCUT2D eigenvalue weighted by atomic mass is 10.0. The van der Waals surface area contributed by atoms with Gasteiger partial charge in [0.1, 0.15) is 0 Å². The van der Waals surface area contributed by atoms with Gasteiger partial charge >= 0.3 is 12.0 Å². The summed E-state index contributed by atoms with van der Waals surface area (Å²) in [4.78, 5) is 23.9. The Labute approximate surface area is 161 Å². The molecule has 148 valence electrons. The topological polar surface area (TPSA) is 136 Å². The number of nitrogens with two attached hydrogens (primary N) is 1. The van der Waals surface area contributed by atoms with Crippen molar-refractivity contribution in [2.24, 2.45) is 0 Å². The van der Waals surface area contributed by atoms with Crippen LogP contribution >= 0.6 is 0 Å². The lowest BCUT2D eigenvalue weighted by Crippen LogP contribution is -2.12. The molecule has 0 saturated heterocycles. The number of nitrogens with zero attached hydrogens (tertiary/aromatic N) is 4. The zero-order chi connectivity index (χ0) is 20.3. The molecule has 0 aliphatic carbocycles. The second-order valence-electron chi connectivity index (χ2n) is 6.40. The average Bonchev–Trinajstić information content (AvgIpc) is 3.00. The molecule has 0 bridgehead atoms. The summed E-state index contributed by atoms with van der Waals surface area (Å²) in [5.74, 6) is -0.908. The van der Waals surface area contributed by atoms with Gasteiger partial charge in [0.25, 0.3) is 6.01 Å². The van der Waals surface area contributed by atoms with Gasteiger partial charge in [-0.25, -0.2) is 4.79 Å². The minimum Gasteiger partial charge on any atom is -0.480 e. The molecule has 0 amide bonds. The summed E-state index contributed by atoms with van der Waals surface area (Å²) in [5.41, 5.74) is 7.48. The van der Waals surface area contributed by atoms with Crippen molar-refractivity contribution in [3.05, 3.63) is 35.4 Å². The molecule has 2 heterocycles. The molecule has 0 fully saturated rings. The van der Waals surface area contributed by atoms with Crippen LogP contribution in [0, 0.1) is 0 Å². The van der Waals surface area contributed by atoms with Crippen LogP contribution in [0.4, 0.5) is 5.82 Å². The molecule has 1 atom stereocenters. The van der Waals surface area contributed by atoms with Crippen LogP contribution in [0.2, 0.25) is 0 Å². The van der Waals surface area contributed by atoms with Gasteiger partial charge in [-0.1, -0.05) is 32.4 Å². The number of anilines is 1. The molecule has 1 unspecified atom stereocenters. The van der Waals surface area contributed by atoms with Gasteiger partial charge in [0.2, 0.25) is 0 Å². The van der Waals surface area contributed by atoms with Crippen LogP contribution in [0.15, 0.2) is 24.3 Å². The highest BCUT2D eigenvalue weighted by Crippen LogP contribution is 2.33. The van der Waals surface area contributed by atoms with E-state index in [1.54, 1.807) is 18.2 Å². The highest BCUT2D eigenvalue weighted by atomic mass is 16.5. The van der Waals surface area contributed by atoms with Crippen LogP contribution in [0.1, 0.15) is 55.1 Å². The van der Waals surface area contributed by atoms with Crippen molar-refractivity contribution in [2.75, 3.05) is 12.3 Å². The van der Waals surface area contributed by atoms with Crippen LogP contribution in [0.5, 0.6) is 12.0 Å². The zero-order valence-electron chi connectivity index (χ0n) is 15.8. The predicted octanol–water partition coefficient (Wildman–Crippen LogP) is 2.99. The molecule has 28 heavy (non-hydrogen) atoms. The van der Waals surface area contributed by atoms with Crippen molar-refractivity contribution in [2.45, 2.75) is 39.2 Å². The lowest BCUT2D eigenvalue weighted by molar-refractivity contribution is 0.0696. The van der Waals surface area contributed by atoms with Gasteiger partial charge in [-0.3, -0.25) is 4.57 Å². The number of imidazole rings is 1. The number of nitrogen functional groups attached to an aromatic ring is 1. The van der Waals surface area contributed by atoms with Gasteiger partial charge in [0, 0.05) is 0 Å². The molecular weight excluding hydrogens is 362 g/mol. The summed E-state index contributed by atoms with van der Waals surface area (Å²) in [6.45, 7) is 4.43. The van der Waals surface area contributed by atoms with E-state index >= 15 is 0 Å². The third kappa shape index (κ3) is 3.68. The van der Waals surface area contributed by atoms with Crippen LogP contribution in [0.25, 0.3) is 11.2 Å². The molecule has 0 saturated carbocycles. The Morgan fingerprint density at radius 1 is 1.29 bits per heavy atom. The number of carbonyl (C=O) groups is 1. The monoisotopic (exact) mass is 385 g/mol. The first-order valence-corrected chi connectivity index (χ1v) is 9.16. The van der Waals surface area contributed by atoms with Crippen molar-refractivity contribution in [3.8, 4) is 12.0 Å². The SMILES string of the molecule is CCCCOc1nc(N)c2nc(O)n(C(CC)c3cccc(C(=O)O)c3)c2n1. The van der Waals surface area contributed by atoms with Crippen LogP contribution in [-0.2, 0) is 0 Å². The number of aromatic hydroxyl groups is 1. The van der Waals surface area contributed by atoms with Crippen LogP contribution < -0.4 is 10.5 Å². The number of rotatable bonds is 8. The maximum absolute atomic E-state index is 11.3. The van der Waals surface area contributed by atoms with E-state index in [4.69, 9.17) is 10.5 Å². The van der Waals surface area contributed by atoms with Gasteiger partial charge in [-0.05, 0) is 30.5 Å². The number of ether oxygens (including phenoxy) is 1. The van der Waals surface area contributed by atoms with Gasteiger partial charge < -0.3 is 20.7 Å². The molecule has 3 rings (SSSR count). The highest BCUT2D eigenvalue weighted by Gasteiger charge is 2.24. The fourth-order valence-corrected chi connectivity index (χ4v) is 3.07. The van der Waals surface area contributed by atoms with E-state index in [1.807, 2.05) is 13.8 Å². The summed E-state index contributed by atoms with van der Waals surface area (Å²) < 4.78 is 7.10. The number of hydrogen-bond acceptors (Lipinski definition) is 7. The van der Waals surface area contributed by atoms with Crippen molar-refractivity contribution >= 4 is 23.0 Å². The number of unbranched alkanes of at least 4 members (excludes halogenated alkanes) is 1. The number of carboxylic acid groups (broad SMARTS) is 1.